The van der Waals surface area contributed by atoms with Gasteiger partial charge < -0.3 is 22.6 Å². The normalized spacial score (nSPS) is 16.2. The molecule has 3 aliphatic rings. The van der Waals surface area contributed by atoms with E-state index in [9.17, 15) is 0 Å². The van der Waals surface area contributed by atoms with Crippen LogP contribution in [0.5, 0.6) is 0 Å². The summed E-state index contributed by atoms with van der Waals surface area (Å²) >= 11 is 0. The maximum Gasteiger partial charge on any atom is 0.333 e. The lowest BCUT2D eigenvalue weighted by Crippen LogP contribution is -2.60. The van der Waals surface area contributed by atoms with Crippen molar-refractivity contribution in [3.63, 3.8) is 0 Å². The van der Waals surface area contributed by atoms with Crippen LogP contribution < -0.4 is 15.7 Å². The SMILES string of the molecule is CC(C)(C)c1ccc(N2B3c4cc5c(cc4-n4c6ccc7c8ccccc8oc7c6c6ccc(c3c64)-c3cc4oc6cc7c(cc6c4cc32)C(C)(C)CCC7(C)C)oc2ccccc25)cc1. The summed E-state index contributed by atoms with van der Waals surface area (Å²) in [7, 11) is 0. The van der Waals surface area contributed by atoms with Crippen LogP contribution in [0.4, 0.5) is 11.4 Å². The van der Waals surface area contributed by atoms with Gasteiger partial charge in [0.05, 0.1) is 16.4 Å². The summed E-state index contributed by atoms with van der Waals surface area (Å²) in [6.45, 7) is 16.3. The second kappa shape index (κ2) is 12.0. The molecule has 0 radical (unpaired) electrons. The maximum absolute atomic E-state index is 7.02. The summed E-state index contributed by atoms with van der Waals surface area (Å²) in [5, 5.41) is 9.16. The third-order valence-electron chi connectivity index (χ3n) is 16.2. The van der Waals surface area contributed by atoms with Crippen molar-refractivity contribution in [3.05, 3.63) is 150 Å². The van der Waals surface area contributed by atoms with Crippen LogP contribution in [0.25, 0.3) is 104 Å². The lowest BCUT2D eigenvalue weighted by Gasteiger charge is -2.42. The van der Waals surface area contributed by atoms with E-state index in [-0.39, 0.29) is 23.1 Å². The predicted octanol–water partition coefficient (Wildman–Crippen LogP) is 15.4. The highest BCUT2D eigenvalue weighted by atomic mass is 16.3. The van der Waals surface area contributed by atoms with Gasteiger partial charge in [-0.3, -0.25) is 0 Å². The molecule has 0 amide bonds. The first kappa shape index (κ1) is 37.1. The van der Waals surface area contributed by atoms with Gasteiger partial charge in [-0.2, -0.15) is 0 Å². The fourth-order valence-electron chi connectivity index (χ4n) is 12.6. The predicted molar refractivity (Wildman–Crippen MR) is 276 cm³/mol. The van der Waals surface area contributed by atoms with Gasteiger partial charge in [0.15, 0.2) is 0 Å². The first-order valence-corrected chi connectivity index (χ1v) is 23.6. The highest BCUT2D eigenvalue weighted by molar-refractivity contribution is 6.94. The molecule has 8 aromatic carbocycles. The summed E-state index contributed by atoms with van der Waals surface area (Å²) in [6, 6.07) is 49.9. The first-order chi connectivity index (χ1) is 31.8. The van der Waals surface area contributed by atoms with Crippen LogP contribution >= 0.6 is 0 Å². The Morgan fingerprint density at radius 2 is 1.14 bits per heavy atom. The van der Waals surface area contributed by atoms with Crippen molar-refractivity contribution in [2.45, 2.75) is 77.6 Å². The van der Waals surface area contributed by atoms with Gasteiger partial charge in [0.25, 0.3) is 0 Å². The third-order valence-corrected chi connectivity index (χ3v) is 16.2. The van der Waals surface area contributed by atoms with E-state index in [0.717, 1.165) is 95.5 Å². The molecule has 6 heteroatoms. The number of benzene rings is 8. The van der Waals surface area contributed by atoms with E-state index in [1.807, 2.05) is 0 Å². The number of rotatable bonds is 1. The highest BCUT2D eigenvalue weighted by Crippen LogP contribution is 2.52. The molecule has 4 aromatic heterocycles. The average molecular weight is 855 g/mol. The van der Waals surface area contributed by atoms with Gasteiger partial charge in [-0.25, -0.2) is 0 Å². The zero-order valence-corrected chi connectivity index (χ0v) is 38.3. The first-order valence-electron chi connectivity index (χ1n) is 23.6. The Morgan fingerprint density at radius 1 is 0.515 bits per heavy atom. The Balaban J connectivity index is 1.11. The minimum absolute atomic E-state index is 0.00869. The molecule has 0 N–H and O–H groups in total. The average Bonchev–Trinajstić information content (AvgIpc) is 4.06. The number of nitrogens with zero attached hydrogens (tertiary/aromatic N) is 2. The van der Waals surface area contributed by atoms with Crippen molar-refractivity contribution in [2.24, 2.45) is 0 Å². The van der Waals surface area contributed by atoms with Crippen LogP contribution in [0.2, 0.25) is 0 Å². The summed E-state index contributed by atoms with van der Waals surface area (Å²) in [6.07, 6.45) is 2.32. The molecule has 12 aromatic rings. The second-order valence-corrected chi connectivity index (χ2v) is 21.9. The molecule has 0 saturated heterocycles. The fourth-order valence-corrected chi connectivity index (χ4v) is 12.6. The molecule has 6 heterocycles. The van der Waals surface area contributed by atoms with Crippen LogP contribution in [0, 0.1) is 0 Å². The van der Waals surface area contributed by atoms with Gasteiger partial charge in [0, 0.05) is 66.4 Å². The molecule has 0 fully saturated rings. The lowest BCUT2D eigenvalue weighted by atomic mass is 9.44. The van der Waals surface area contributed by atoms with Crippen molar-refractivity contribution < 1.29 is 13.3 Å². The minimum Gasteiger partial charge on any atom is -0.456 e. The van der Waals surface area contributed by atoms with E-state index in [2.05, 4.69) is 191 Å². The molecule has 0 unspecified atom stereocenters. The van der Waals surface area contributed by atoms with E-state index >= 15 is 0 Å². The van der Waals surface area contributed by atoms with Crippen molar-refractivity contribution in [1.29, 1.82) is 0 Å². The number of para-hydroxylation sites is 2. The Morgan fingerprint density at radius 3 is 1.89 bits per heavy atom. The third kappa shape index (κ3) is 4.62. The van der Waals surface area contributed by atoms with Crippen molar-refractivity contribution >= 4 is 117 Å². The summed E-state index contributed by atoms with van der Waals surface area (Å²) in [4.78, 5) is 2.64. The Kier molecular flexibility index (Phi) is 6.73. The maximum atomic E-state index is 7.02. The fraction of sp³-hybridized carbons (Fsp3) is 0.200. The summed E-state index contributed by atoms with van der Waals surface area (Å²) in [5.74, 6) is 0. The molecule has 318 valence electrons. The van der Waals surface area contributed by atoms with Crippen LogP contribution in [0.1, 0.15) is 78.0 Å². The van der Waals surface area contributed by atoms with Gasteiger partial charge in [-0.15, -0.1) is 0 Å². The summed E-state index contributed by atoms with van der Waals surface area (Å²) in [5.41, 5.74) is 20.5. The second-order valence-electron chi connectivity index (χ2n) is 21.9. The van der Waals surface area contributed by atoms with E-state index < -0.39 is 0 Å². The Bertz CT molecular complexity index is 4170. The van der Waals surface area contributed by atoms with Crippen LogP contribution in [-0.4, -0.2) is 11.4 Å². The number of aromatic nitrogens is 1. The van der Waals surface area contributed by atoms with Crippen molar-refractivity contribution in [2.75, 3.05) is 4.81 Å². The zero-order chi connectivity index (χ0) is 44.3. The molecule has 2 aliphatic heterocycles. The monoisotopic (exact) mass is 854 g/mol. The molecule has 5 nitrogen and oxygen atoms in total. The molecule has 0 bridgehead atoms. The van der Waals surface area contributed by atoms with E-state index in [1.165, 1.54) is 60.7 Å². The van der Waals surface area contributed by atoms with Crippen LogP contribution in [-0.2, 0) is 16.2 Å². The van der Waals surface area contributed by atoms with E-state index in [0.29, 0.717) is 0 Å². The lowest BCUT2D eigenvalue weighted by molar-refractivity contribution is 0.332. The standard InChI is InChI=1S/C60H47BN2O3/c1-58(2,3)32-16-18-33(19-17-32)63-47-28-42-40-26-43-44(60(6,7)25-24-59(43,4)5)30-52(40)65-51(42)29-39(47)36-20-21-38-54-46(23-22-37-34-12-8-11-15-50(34)66-57(37)54)62-48-31-53-41(35-13-9-10-14-49(35)64-53)27-45(48)61(63)55(36)56(38)62/h8-23,26-31H,24-25H2,1-7H3. The Labute approximate surface area is 382 Å². The number of fused-ring (bicyclic) bond motifs is 19. The smallest absolute Gasteiger partial charge is 0.333 e. The van der Waals surface area contributed by atoms with Crippen LogP contribution in [0.15, 0.2) is 147 Å². The molecular weight excluding hydrogens is 807 g/mol. The molecular formula is C60H47BN2O3. The van der Waals surface area contributed by atoms with Gasteiger partial charge in [0.1, 0.15) is 33.5 Å². The van der Waals surface area contributed by atoms with Gasteiger partial charge in [-0.1, -0.05) is 115 Å². The number of furan rings is 3. The van der Waals surface area contributed by atoms with E-state index in [4.69, 9.17) is 13.3 Å². The van der Waals surface area contributed by atoms with Gasteiger partial charge in [0.2, 0.25) is 0 Å². The zero-order valence-electron chi connectivity index (χ0n) is 38.3. The Hall–Kier alpha value is -7.18. The number of hydrogen-bond acceptors (Lipinski definition) is 4. The largest absolute Gasteiger partial charge is 0.456 e. The van der Waals surface area contributed by atoms with Gasteiger partial charge in [-0.05, 0) is 123 Å². The quantitative estimate of drug-likeness (QED) is 0.154. The van der Waals surface area contributed by atoms with Crippen LogP contribution in [0.3, 0.4) is 0 Å². The molecule has 0 spiro atoms. The minimum atomic E-state index is -0.171. The molecule has 1 aliphatic carbocycles. The summed E-state index contributed by atoms with van der Waals surface area (Å²) < 4.78 is 23.1. The van der Waals surface area contributed by atoms with Gasteiger partial charge >= 0.3 is 6.85 Å². The topological polar surface area (TPSA) is 47.6 Å². The highest BCUT2D eigenvalue weighted by Gasteiger charge is 2.45. The number of anilines is 2. The number of hydrogen-bond donors (Lipinski definition) is 0. The van der Waals surface area contributed by atoms with Crippen molar-refractivity contribution in [1.82, 2.24) is 4.57 Å². The molecule has 0 atom stereocenters. The molecule has 15 rings (SSSR count). The molecule has 66 heavy (non-hydrogen) atoms. The van der Waals surface area contributed by atoms with Crippen molar-refractivity contribution in [3.8, 4) is 16.8 Å². The van der Waals surface area contributed by atoms with E-state index in [1.54, 1.807) is 0 Å². The molecule has 0 saturated carbocycles.